The van der Waals surface area contributed by atoms with Crippen molar-refractivity contribution < 1.29 is 13.9 Å². The molecule has 0 saturated heterocycles. The Hall–Kier alpha value is -1.97. The van der Waals surface area contributed by atoms with Gasteiger partial charge in [0, 0.05) is 11.4 Å². The van der Waals surface area contributed by atoms with Gasteiger partial charge in [0.25, 0.3) is 5.91 Å². The molecule has 1 amide bonds. The Balaban J connectivity index is 2.14. The van der Waals surface area contributed by atoms with E-state index in [1.165, 1.54) is 0 Å². The molecule has 1 aromatic carbocycles. The molecule has 4 nitrogen and oxygen atoms in total. The first-order valence-corrected chi connectivity index (χ1v) is 7.56. The third-order valence-corrected chi connectivity index (χ3v) is 3.56. The molecule has 0 spiro atoms. The van der Waals surface area contributed by atoms with Crippen molar-refractivity contribution in [1.82, 2.24) is 5.32 Å². The number of ether oxygens (including phenoxy) is 1. The molecule has 1 aromatic heterocycles. The van der Waals surface area contributed by atoms with Gasteiger partial charge in [-0.3, -0.25) is 4.79 Å². The number of carbonyl (C=O) groups excluding carboxylic acids is 1. The monoisotopic (exact) mass is 289 g/mol. The first kappa shape index (κ1) is 15.4. The Kier molecular flexibility index (Phi) is 5.26. The van der Waals surface area contributed by atoms with E-state index in [0.29, 0.717) is 11.3 Å². The number of methoxy groups -OCH3 is 1. The second-order valence-electron chi connectivity index (χ2n) is 5.26. The van der Waals surface area contributed by atoms with Gasteiger partial charge in [-0.2, -0.15) is 0 Å². The number of amides is 1. The first-order valence-electron chi connectivity index (χ1n) is 7.56. The standard InChI is InChI=1S/C17H23NO3/c1-4-6-13(7-5-2)18-17(19)16-11-12-10-14(20-3)8-9-15(12)21-16/h8-11,13H,4-7H2,1-3H3,(H,18,19). The largest absolute Gasteiger partial charge is 0.497 e. The summed E-state index contributed by atoms with van der Waals surface area (Å²) in [5.74, 6) is 0.970. The van der Waals surface area contributed by atoms with Crippen LogP contribution in [-0.2, 0) is 0 Å². The summed E-state index contributed by atoms with van der Waals surface area (Å²) in [6.07, 6.45) is 4.10. The highest BCUT2D eigenvalue weighted by Crippen LogP contribution is 2.24. The predicted octanol–water partition coefficient (Wildman–Crippen LogP) is 4.14. The molecule has 0 fully saturated rings. The fourth-order valence-electron chi connectivity index (χ4n) is 2.50. The van der Waals surface area contributed by atoms with Gasteiger partial charge in [-0.05, 0) is 37.1 Å². The first-order chi connectivity index (χ1) is 10.2. The topological polar surface area (TPSA) is 51.5 Å². The van der Waals surface area contributed by atoms with Crippen LogP contribution in [0.2, 0.25) is 0 Å². The Bertz CT molecular complexity index is 597. The van der Waals surface area contributed by atoms with Crippen LogP contribution in [-0.4, -0.2) is 19.1 Å². The average Bonchev–Trinajstić information content (AvgIpc) is 2.90. The van der Waals surface area contributed by atoms with Crippen LogP contribution in [0.5, 0.6) is 5.75 Å². The second-order valence-corrected chi connectivity index (χ2v) is 5.26. The highest BCUT2D eigenvalue weighted by Gasteiger charge is 2.16. The van der Waals surface area contributed by atoms with Crippen molar-refractivity contribution in [1.29, 1.82) is 0 Å². The third kappa shape index (κ3) is 3.78. The smallest absolute Gasteiger partial charge is 0.287 e. The van der Waals surface area contributed by atoms with E-state index in [1.54, 1.807) is 13.2 Å². The van der Waals surface area contributed by atoms with E-state index in [4.69, 9.17) is 9.15 Å². The van der Waals surface area contributed by atoms with Gasteiger partial charge in [0.15, 0.2) is 5.76 Å². The van der Waals surface area contributed by atoms with Crippen molar-refractivity contribution >= 4 is 16.9 Å². The van der Waals surface area contributed by atoms with Gasteiger partial charge in [0.05, 0.1) is 7.11 Å². The van der Waals surface area contributed by atoms with E-state index >= 15 is 0 Å². The Labute approximate surface area is 125 Å². The highest BCUT2D eigenvalue weighted by molar-refractivity contribution is 5.96. The molecular formula is C17H23NO3. The van der Waals surface area contributed by atoms with Gasteiger partial charge in [-0.25, -0.2) is 0 Å². The average molecular weight is 289 g/mol. The van der Waals surface area contributed by atoms with Crippen LogP contribution in [0.3, 0.4) is 0 Å². The number of furan rings is 1. The zero-order valence-corrected chi connectivity index (χ0v) is 12.9. The quantitative estimate of drug-likeness (QED) is 0.833. The minimum atomic E-state index is -0.142. The Morgan fingerprint density at radius 1 is 1.24 bits per heavy atom. The van der Waals surface area contributed by atoms with Crippen LogP contribution < -0.4 is 10.1 Å². The van der Waals surface area contributed by atoms with E-state index in [0.717, 1.165) is 36.8 Å². The molecule has 0 atom stereocenters. The van der Waals surface area contributed by atoms with Crippen LogP contribution in [0.15, 0.2) is 28.7 Å². The Morgan fingerprint density at radius 2 is 1.95 bits per heavy atom. The lowest BCUT2D eigenvalue weighted by atomic mass is 10.1. The fraction of sp³-hybridized carbons (Fsp3) is 0.471. The summed E-state index contributed by atoms with van der Waals surface area (Å²) in [6.45, 7) is 4.25. The molecule has 21 heavy (non-hydrogen) atoms. The lowest BCUT2D eigenvalue weighted by molar-refractivity contribution is 0.0906. The second kappa shape index (κ2) is 7.16. The molecule has 0 saturated carbocycles. The number of benzene rings is 1. The SMILES string of the molecule is CCCC(CCC)NC(=O)c1cc2cc(OC)ccc2o1. The van der Waals surface area contributed by atoms with Crippen molar-refractivity contribution in [2.45, 2.75) is 45.6 Å². The van der Waals surface area contributed by atoms with E-state index in [-0.39, 0.29) is 11.9 Å². The molecule has 114 valence electrons. The molecule has 0 aliphatic carbocycles. The molecule has 0 aliphatic heterocycles. The molecule has 2 rings (SSSR count). The summed E-state index contributed by atoms with van der Waals surface area (Å²) < 4.78 is 10.8. The molecular weight excluding hydrogens is 266 g/mol. The fourth-order valence-corrected chi connectivity index (χ4v) is 2.50. The van der Waals surface area contributed by atoms with Gasteiger partial charge < -0.3 is 14.5 Å². The molecule has 0 radical (unpaired) electrons. The zero-order valence-electron chi connectivity index (χ0n) is 12.9. The molecule has 1 heterocycles. The van der Waals surface area contributed by atoms with Gasteiger partial charge in [0.1, 0.15) is 11.3 Å². The summed E-state index contributed by atoms with van der Waals surface area (Å²) in [5, 5.41) is 3.94. The number of carbonyl (C=O) groups is 1. The van der Waals surface area contributed by atoms with Crippen molar-refractivity contribution in [3.05, 3.63) is 30.0 Å². The molecule has 1 N–H and O–H groups in total. The number of hydrogen-bond donors (Lipinski definition) is 1. The van der Waals surface area contributed by atoms with Gasteiger partial charge >= 0.3 is 0 Å². The molecule has 0 unspecified atom stereocenters. The van der Waals surface area contributed by atoms with Crippen LogP contribution in [0.4, 0.5) is 0 Å². The van der Waals surface area contributed by atoms with Gasteiger partial charge in [-0.1, -0.05) is 26.7 Å². The van der Waals surface area contributed by atoms with Crippen LogP contribution in [0.25, 0.3) is 11.0 Å². The van der Waals surface area contributed by atoms with Crippen molar-refractivity contribution in [3.8, 4) is 5.75 Å². The number of nitrogens with one attached hydrogen (secondary N) is 1. The summed E-state index contributed by atoms with van der Waals surface area (Å²) >= 11 is 0. The van der Waals surface area contributed by atoms with Gasteiger partial charge in [0.2, 0.25) is 0 Å². The summed E-state index contributed by atoms with van der Waals surface area (Å²) in [7, 11) is 1.62. The van der Waals surface area contributed by atoms with E-state index in [1.807, 2.05) is 18.2 Å². The van der Waals surface area contributed by atoms with Crippen LogP contribution in [0, 0.1) is 0 Å². The molecule has 0 bridgehead atoms. The van der Waals surface area contributed by atoms with Crippen molar-refractivity contribution in [3.63, 3.8) is 0 Å². The maximum Gasteiger partial charge on any atom is 0.287 e. The summed E-state index contributed by atoms with van der Waals surface area (Å²) in [4.78, 5) is 12.3. The number of hydrogen-bond acceptors (Lipinski definition) is 3. The molecule has 0 aliphatic rings. The van der Waals surface area contributed by atoms with Crippen LogP contribution >= 0.6 is 0 Å². The predicted molar refractivity (Wildman–Crippen MR) is 83.8 cm³/mol. The maximum atomic E-state index is 12.3. The van der Waals surface area contributed by atoms with E-state index < -0.39 is 0 Å². The normalized spacial score (nSPS) is 11.0. The summed E-state index contributed by atoms with van der Waals surface area (Å²) in [5.41, 5.74) is 0.698. The summed E-state index contributed by atoms with van der Waals surface area (Å²) in [6, 6.07) is 7.49. The minimum Gasteiger partial charge on any atom is -0.497 e. The van der Waals surface area contributed by atoms with Crippen molar-refractivity contribution in [2.24, 2.45) is 0 Å². The van der Waals surface area contributed by atoms with E-state index in [9.17, 15) is 4.79 Å². The zero-order chi connectivity index (χ0) is 15.2. The Morgan fingerprint density at radius 3 is 2.57 bits per heavy atom. The number of fused-ring (bicyclic) bond motifs is 1. The lowest BCUT2D eigenvalue weighted by Crippen LogP contribution is -2.34. The van der Waals surface area contributed by atoms with Crippen LogP contribution in [0.1, 0.15) is 50.1 Å². The lowest BCUT2D eigenvalue weighted by Gasteiger charge is -2.16. The van der Waals surface area contributed by atoms with Crippen molar-refractivity contribution in [2.75, 3.05) is 7.11 Å². The highest BCUT2D eigenvalue weighted by atomic mass is 16.5. The molecule has 4 heteroatoms. The minimum absolute atomic E-state index is 0.142. The molecule has 2 aromatic rings. The maximum absolute atomic E-state index is 12.3. The third-order valence-electron chi connectivity index (χ3n) is 3.56. The number of rotatable bonds is 7. The van der Waals surface area contributed by atoms with Gasteiger partial charge in [-0.15, -0.1) is 0 Å². The van der Waals surface area contributed by atoms with E-state index in [2.05, 4.69) is 19.2 Å².